The zero-order valence-corrected chi connectivity index (χ0v) is 14.5. The number of hydrogen-bond donors (Lipinski definition) is 3. The van der Waals surface area contributed by atoms with E-state index in [4.69, 9.17) is 4.74 Å². The lowest BCUT2D eigenvalue weighted by atomic mass is 10.1. The lowest BCUT2D eigenvalue weighted by molar-refractivity contribution is 0.0949. The van der Waals surface area contributed by atoms with Crippen LogP contribution in [0.4, 0.5) is 0 Å². The minimum Gasteiger partial charge on any atom is -0.497 e. The maximum Gasteiger partial charge on any atom is 0.261 e. The van der Waals surface area contributed by atoms with Gasteiger partial charge in [0.05, 0.1) is 13.7 Å². The molecule has 1 amide bonds. The number of aromatic amines is 2. The Bertz CT molecular complexity index is 969. The van der Waals surface area contributed by atoms with Gasteiger partial charge in [0.1, 0.15) is 11.3 Å². The van der Waals surface area contributed by atoms with E-state index in [0.29, 0.717) is 6.54 Å². The maximum absolute atomic E-state index is 12.3. The Kier molecular flexibility index (Phi) is 4.61. The number of hydrogen-bond acceptors (Lipinski definition) is 3. The van der Waals surface area contributed by atoms with Crippen molar-refractivity contribution in [1.82, 2.24) is 15.3 Å². The highest BCUT2D eigenvalue weighted by Crippen LogP contribution is 2.21. The summed E-state index contributed by atoms with van der Waals surface area (Å²) in [5.41, 5.74) is 2.37. The Morgan fingerprint density at radius 2 is 1.96 bits per heavy atom. The molecule has 25 heavy (non-hydrogen) atoms. The third kappa shape index (κ3) is 3.57. The minimum absolute atomic E-state index is 0.113. The molecule has 0 aliphatic rings. The molecule has 0 unspecified atom stereocenters. The Morgan fingerprint density at radius 1 is 1.16 bits per heavy atom. The topological polar surface area (TPSA) is 87.0 Å². The highest BCUT2D eigenvalue weighted by atomic mass is 16.5. The van der Waals surface area contributed by atoms with E-state index in [0.717, 1.165) is 28.0 Å². The van der Waals surface area contributed by atoms with E-state index in [1.165, 1.54) is 0 Å². The van der Waals surface area contributed by atoms with Crippen molar-refractivity contribution in [3.63, 3.8) is 0 Å². The Labute approximate surface area is 145 Å². The summed E-state index contributed by atoms with van der Waals surface area (Å²) in [6, 6.07) is 11.0. The number of carbonyl (C=O) groups excluding carboxylic acids is 1. The first kappa shape index (κ1) is 16.8. The van der Waals surface area contributed by atoms with E-state index in [1.54, 1.807) is 19.2 Å². The predicted octanol–water partition coefficient (Wildman–Crippen LogP) is 2.92. The van der Waals surface area contributed by atoms with Crippen LogP contribution in [0.3, 0.4) is 0 Å². The number of aromatic nitrogens is 2. The zero-order valence-electron chi connectivity index (χ0n) is 14.5. The quantitative estimate of drug-likeness (QED) is 0.668. The molecule has 1 aromatic carbocycles. The van der Waals surface area contributed by atoms with Crippen molar-refractivity contribution < 1.29 is 9.53 Å². The fourth-order valence-corrected chi connectivity index (χ4v) is 2.67. The molecule has 6 nitrogen and oxygen atoms in total. The van der Waals surface area contributed by atoms with Gasteiger partial charge in [0.25, 0.3) is 11.5 Å². The number of nitrogens with one attached hydrogen (secondary N) is 3. The SMILES string of the molecule is COc1ccc2[nH]c(CNC(=O)c3ccc(C(C)C)[nH]c3=O)cc2c1. The molecular formula is C19H21N3O3. The van der Waals surface area contributed by atoms with Crippen molar-refractivity contribution in [2.24, 2.45) is 0 Å². The first-order valence-electron chi connectivity index (χ1n) is 8.15. The van der Waals surface area contributed by atoms with Gasteiger partial charge in [-0.25, -0.2) is 0 Å². The van der Waals surface area contributed by atoms with E-state index in [2.05, 4.69) is 15.3 Å². The summed E-state index contributed by atoms with van der Waals surface area (Å²) >= 11 is 0. The first-order valence-corrected chi connectivity index (χ1v) is 8.15. The van der Waals surface area contributed by atoms with Crippen LogP contribution in [0, 0.1) is 0 Å². The van der Waals surface area contributed by atoms with Crippen LogP contribution in [0.15, 0.2) is 41.2 Å². The van der Waals surface area contributed by atoms with Gasteiger partial charge in [0, 0.05) is 22.3 Å². The number of benzene rings is 1. The maximum atomic E-state index is 12.3. The minimum atomic E-state index is -0.396. The molecule has 0 saturated carbocycles. The molecule has 0 aliphatic heterocycles. The molecular weight excluding hydrogens is 318 g/mol. The van der Waals surface area contributed by atoms with Crippen molar-refractivity contribution in [3.05, 3.63) is 63.7 Å². The second-order valence-corrected chi connectivity index (χ2v) is 6.24. The summed E-state index contributed by atoms with van der Waals surface area (Å²) in [6.07, 6.45) is 0. The van der Waals surface area contributed by atoms with E-state index < -0.39 is 5.91 Å². The number of rotatable bonds is 5. The van der Waals surface area contributed by atoms with Crippen molar-refractivity contribution in [2.75, 3.05) is 7.11 Å². The van der Waals surface area contributed by atoms with Gasteiger partial charge in [0.15, 0.2) is 0 Å². The van der Waals surface area contributed by atoms with Gasteiger partial charge >= 0.3 is 0 Å². The summed E-state index contributed by atoms with van der Waals surface area (Å²) < 4.78 is 5.21. The smallest absolute Gasteiger partial charge is 0.261 e. The van der Waals surface area contributed by atoms with Crippen molar-refractivity contribution in [2.45, 2.75) is 26.3 Å². The van der Waals surface area contributed by atoms with Crippen LogP contribution in [0.2, 0.25) is 0 Å². The summed E-state index contributed by atoms with van der Waals surface area (Å²) in [7, 11) is 1.62. The lowest BCUT2D eigenvalue weighted by Crippen LogP contribution is -2.29. The molecule has 130 valence electrons. The standard InChI is InChI=1S/C19H21N3O3/c1-11(2)16-7-5-15(19(24)22-16)18(23)20-10-13-8-12-9-14(25-3)4-6-17(12)21-13/h4-9,11,21H,10H2,1-3H3,(H,20,23)(H,22,24). The van der Waals surface area contributed by atoms with Crippen LogP contribution in [-0.4, -0.2) is 23.0 Å². The third-order valence-corrected chi connectivity index (χ3v) is 4.12. The Balaban J connectivity index is 1.73. The van der Waals surface area contributed by atoms with Crippen molar-refractivity contribution in [3.8, 4) is 5.75 Å². The molecule has 2 aromatic heterocycles. The average molecular weight is 339 g/mol. The monoisotopic (exact) mass is 339 g/mol. The number of carbonyl (C=O) groups is 1. The molecule has 0 spiro atoms. The molecule has 3 aromatic rings. The molecule has 6 heteroatoms. The second kappa shape index (κ2) is 6.84. The summed E-state index contributed by atoms with van der Waals surface area (Å²) in [6.45, 7) is 4.27. The van der Waals surface area contributed by atoms with Gasteiger partial charge in [-0.05, 0) is 42.3 Å². The van der Waals surface area contributed by atoms with Gasteiger partial charge < -0.3 is 20.0 Å². The molecule has 0 atom stereocenters. The van der Waals surface area contributed by atoms with Crippen LogP contribution < -0.4 is 15.6 Å². The molecule has 2 heterocycles. The highest BCUT2D eigenvalue weighted by Gasteiger charge is 2.12. The molecule has 0 fully saturated rings. The molecule has 3 rings (SSSR count). The number of amides is 1. The molecule has 3 N–H and O–H groups in total. The number of pyridine rings is 1. The molecule has 0 saturated heterocycles. The van der Waals surface area contributed by atoms with E-state index in [1.807, 2.05) is 38.1 Å². The van der Waals surface area contributed by atoms with Crippen molar-refractivity contribution >= 4 is 16.8 Å². The summed E-state index contributed by atoms with van der Waals surface area (Å²) in [4.78, 5) is 30.3. The Hall–Kier alpha value is -3.02. The van der Waals surface area contributed by atoms with Gasteiger partial charge in [-0.3, -0.25) is 9.59 Å². The van der Waals surface area contributed by atoms with Gasteiger partial charge in [-0.2, -0.15) is 0 Å². The van der Waals surface area contributed by atoms with E-state index >= 15 is 0 Å². The van der Waals surface area contributed by atoms with Gasteiger partial charge in [-0.15, -0.1) is 0 Å². The summed E-state index contributed by atoms with van der Waals surface area (Å²) in [5.74, 6) is 0.583. The number of fused-ring (bicyclic) bond motifs is 1. The van der Waals surface area contributed by atoms with Crippen LogP contribution in [0.5, 0.6) is 5.75 Å². The van der Waals surface area contributed by atoms with E-state index in [-0.39, 0.29) is 17.0 Å². The van der Waals surface area contributed by atoms with Crippen LogP contribution in [0.1, 0.15) is 41.5 Å². The largest absolute Gasteiger partial charge is 0.497 e. The first-order chi connectivity index (χ1) is 12.0. The number of ether oxygens (including phenoxy) is 1. The fourth-order valence-electron chi connectivity index (χ4n) is 2.67. The van der Waals surface area contributed by atoms with Crippen LogP contribution in [0.25, 0.3) is 10.9 Å². The van der Waals surface area contributed by atoms with Gasteiger partial charge in [0.2, 0.25) is 0 Å². The third-order valence-electron chi connectivity index (χ3n) is 4.12. The molecule has 0 radical (unpaired) electrons. The number of H-pyrrole nitrogens is 2. The normalized spacial score (nSPS) is 11.0. The second-order valence-electron chi connectivity index (χ2n) is 6.24. The fraction of sp³-hybridized carbons (Fsp3) is 0.263. The van der Waals surface area contributed by atoms with E-state index in [9.17, 15) is 9.59 Å². The molecule has 0 bridgehead atoms. The van der Waals surface area contributed by atoms with Crippen molar-refractivity contribution in [1.29, 1.82) is 0 Å². The predicted molar refractivity (Wildman–Crippen MR) is 97.2 cm³/mol. The van der Waals surface area contributed by atoms with Crippen LogP contribution in [-0.2, 0) is 6.54 Å². The average Bonchev–Trinajstić information content (AvgIpc) is 3.01. The summed E-state index contributed by atoms with van der Waals surface area (Å²) in [5, 5.41) is 3.78. The lowest BCUT2D eigenvalue weighted by Gasteiger charge is -2.07. The van der Waals surface area contributed by atoms with Gasteiger partial charge in [-0.1, -0.05) is 13.8 Å². The zero-order chi connectivity index (χ0) is 18.0. The highest BCUT2D eigenvalue weighted by molar-refractivity contribution is 5.93. The Morgan fingerprint density at radius 3 is 2.64 bits per heavy atom. The van der Waals surface area contributed by atoms with Crippen LogP contribution >= 0.6 is 0 Å². The molecule has 0 aliphatic carbocycles. The number of methoxy groups -OCH3 is 1.